The van der Waals surface area contributed by atoms with Crippen molar-refractivity contribution in [1.29, 1.82) is 0 Å². The van der Waals surface area contributed by atoms with Gasteiger partial charge in [-0.2, -0.15) is 0 Å². The first-order valence-corrected chi connectivity index (χ1v) is 6.11. The molecule has 2 rings (SSSR count). The molecule has 76 valence electrons. The second-order valence-electron chi connectivity index (χ2n) is 5.89. The van der Waals surface area contributed by atoms with Crippen LogP contribution in [0.15, 0.2) is 0 Å². The molecule has 0 aromatic heterocycles. The first kappa shape index (κ1) is 9.55. The van der Waals surface area contributed by atoms with Crippen molar-refractivity contribution in [1.82, 2.24) is 0 Å². The van der Waals surface area contributed by atoms with Crippen LogP contribution in [0, 0.1) is 35.5 Å². The van der Waals surface area contributed by atoms with E-state index in [0.29, 0.717) is 0 Å². The second kappa shape index (κ2) is 3.29. The Hall–Kier alpha value is 0. The summed E-state index contributed by atoms with van der Waals surface area (Å²) in [5.41, 5.74) is 0. The zero-order valence-electron chi connectivity index (χ0n) is 9.59. The number of fused-ring (bicyclic) bond motifs is 1. The monoisotopic (exact) mass is 180 g/mol. The Morgan fingerprint density at radius 2 is 1.54 bits per heavy atom. The fourth-order valence-electron chi connectivity index (χ4n) is 3.15. The maximum atomic E-state index is 2.46. The molecule has 2 fully saturated rings. The molecule has 0 radical (unpaired) electrons. The van der Waals surface area contributed by atoms with Crippen LogP contribution >= 0.6 is 0 Å². The highest BCUT2D eigenvalue weighted by Crippen LogP contribution is 2.63. The van der Waals surface area contributed by atoms with Crippen molar-refractivity contribution in [3.63, 3.8) is 0 Å². The minimum atomic E-state index is 0.867. The van der Waals surface area contributed by atoms with Crippen molar-refractivity contribution < 1.29 is 0 Å². The molecule has 0 amide bonds. The van der Waals surface area contributed by atoms with Crippen molar-refractivity contribution in [3.8, 4) is 0 Å². The lowest BCUT2D eigenvalue weighted by Crippen LogP contribution is -2.14. The molecule has 2 saturated carbocycles. The largest absolute Gasteiger partial charge is 0.0625 e. The van der Waals surface area contributed by atoms with Crippen LogP contribution in [0.25, 0.3) is 0 Å². The van der Waals surface area contributed by atoms with Crippen LogP contribution in [0.4, 0.5) is 0 Å². The molecule has 0 spiro atoms. The predicted molar refractivity (Wildman–Crippen MR) is 57.5 cm³/mol. The van der Waals surface area contributed by atoms with E-state index in [1.165, 1.54) is 18.3 Å². The summed E-state index contributed by atoms with van der Waals surface area (Å²) in [6, 6.07) is 0. The van der Waals surface area contributed by atoms with Gasteiger partial charge in [-0.3, -0.25) is 0 Å². The lowest BCUT2D eigenvalue weighted by atomic mass is 9.83. The highest BCUT2D eigenvalue weighted by molar-refractivity contribution is 5.05. The smallest absolute Gasteiger partial charge is 0.0349 e. The summed E-state index contributed by atoms with van der Waals surface area (Å²) in [5.74, 6) is 6.25. The van der Waals surface area contributed by atoms with Crippen LogP contribution in [0.2, 0.25) is 0 Å². The van der Waals surface area contributed by atoms with Gasteiger partial charge >= 0.3 is 0 Å². The molecular weight excluding hydrogens is 156 g/mol. The minimum Gasteiger partial charge on any atom is -0.0625 e. The lowest BCUT2D eigenvalue weighted by Gasteiger charge is -2.23. The minimum absolute atomic E-state index is 0.867. The molecule has 4 atom stereocenters. The molecule has 0 nitrogen and oxygen atoms in total. The second-order valence-corrected chi connectivity index (χ2v) is 5.89. The average Bonchev–Trinajstić information content (AvgIpc) is 2.48. The number of rotatable bonds is 4. The SMILES string of the molecule is CC(C)C(C)C(C)CC1C2CCC21. The van der Waals surface area contributed by atoms with Crippen LogP contribution in [-0.4, -0.2) is 0 Å². The van der Waals surface area contributed by atoms with E-state index in [2.05, 4.69) is 27.7 Å². The third kappa shape index (κ3) is 1.65. The quantitative estimate of drug-likeness (QED) is 0.614. The van der Waals surface area contributed by atoms with E-state index >= 15 is 0 Å². The van der Waals surface area contributed by atoms with Gasteiger partial charge in [-0.25, -0.2) is 0 Å². The Bertz CT molecular complexity index is 172. The number of hydrogen-bond acceptors (Lipinski definition) is 0. The molecule has 2 aliphatic rings. The molecule has 0 aromatic rings. The summed E-state index contributed by atoms with van der Waals surface area (Å²) in [6.45, 7) is 9.62. The summed E-state index contributed by atoms with van der Waals surface area (Å²) in [4.78, 5) is 0. The fraction of sp³-hybridized carbons (Fsp3) is 1.00. The van der Waals surface area contributed by atoms with Gasteiger partial charge in [0.25, 0.3) is 0 Å². The van der Waals surface area contributed by atoms with Gasteiger partial charge in [-0.05, 0) is 54.8 Å². The van der Waals surface area contributed by atoms with E-state index in [-0.39, 0.29) is 0 Å². The Labute approximate surface area is 83.1 Å². The molecule has 0 heterocycles. The first-order valence-electron chi connectivity index (χ1n) is 6.11. The van der Waals surface area contributed by atoms with Gasteiger partial charge < -0.3 is 0 Å². The van der Waals surface area contributed by atoms with Gasteiger partial charge in [-0.1, -0.05) is 27.7 Å². The fourth-order valence-corrected chi connectivity index (χ4v) is 3.15. The first-order chi connectivity index (χ1) is 6.11. The van der Waals surface area contributed by atoms with Crippen LogP contribution in [0.1, 0.15) is 47.0 Å². The standard InChI is InChI=1S/C13H24/c1-8(2)10(4)9(3)7-13-11-5-6-12(11)13/h8-13H,5-7H2,1-4H3. The zero-order valence-corrected chi connectivity index (χ0v) is 9.59. The Morgan fingerprint density at radius 3 is 1.92 bits per heavy atom. The predicted octanol–water partition coefficient (Wildman–Crippen LogP) is 3.96. The van der Waals surface area contributed by atoms with Crippen LogP contribution in [0.3, 0.4) is 0 Å². The Kier molecular flexibility index (Phi) is 2.42. The summed E-state index contributed by atoms with van der Waals surface area (Å²) >= 11 is 0. The topological polar surface area (TPSA) is 0 Å². The van der Waals surface area contributed by atoms with Gasteiger partial charge in [0.15, 0.2) is 0 Å². The highest BCUT2D eigenvalue weighted by atomic mass is 14.6. The van der Waals surface area contributed by atoms with Crippen LogP contribution in [-0.2, 0) is 0 Å². The molecule has 0 N–H and O–H groups in total. The molecule has 0 aromatic carbocycles. The van der Waals surface area contributed by atoms with E-state index in [1.54, 1.807) is 12.8 Å². The van der Waals surface area contributed by atoms with E-state index in [1.807, 2.05) is 0 Å². The Balaban J connectivity index is 1.75. The van der Waals surface area contributed by atoms with Gasteiger partial charge in [0, 0.05) is 0 Å². The summed E-state index contributed by atoms with van der Waals surface area (Å²) in [7, 11) is 0. The molecule has 0 saturated heterocycles. The highest BCUT2D eigenvalue weighted by Gasteiger charge is 2.56. The van der Waals surface area contributed by atoms with Crippen LogP contribution in [0.5, 0.6) is 0 Å². The molecule has 2 aliphatic carbocycles. The molecule has 0 heteroatoms. The summed E-state index contributed by atoms with van der Waals surface area (Å²) < 4.78 is 0. The third-order valence-corrected chi connectivity index (χ3v) is 4.94. The Morgan fingerprint density at radius 1 is 1.00 bits per heavy atom. The van der Waals surface area contributed by atoms with E-state index < -0.39 is 0 Å². The zero-order chi connectivity index (χ0) is 9.59. The van der Waals surface area contributed by atoms with Crippen molar-refractivity contribution in [2.75, 3.05) is 0 Å². The average molecular weight is 180 g/mol. The van der Waals surface area contributed by atoms with Crippen molar-refractivity contribution in [3.05, 3.63) is 0 Å². The molecular formula is C13H24. The van der Waals surface area contributed by atoms with Crippen LogP contribution < -0.4 is 0 Å². The maximum Gasteiger partial charge on any atom is -0.0349 e. The van der Waals surface area contributed by atoms with Crippen molar-refractivity contribution >= 4 is 0 Å². The van der Waals surface area contributed by atoms with E-state index in [0.717, 1.165) is 23.7 Å². The molecule has 0 bridgehead atoms. The van der Waals surface area contributed by atoms with Gasteiger partial charge in [0.1, 0.15) is 0 Å². The molecule has 4 unspecified atom stereocenters. The summed E-state index contributed by atoms with van der Waals surface area (Å²) in [5, 5.41) is 0. The van der Waals surface area contributed by atoms with Gasteiger partial charge in [-0.15, -0.1) is 0 Å². The van der Waals surface area contributed by atoms with Crippen molar-refractivity contribution in [2.24, 2.45) is 35.5 Å². The number of hydrogen-bond donors (Lipinski definition) is 0. The van der Waals surface area contributed by atoms with Gasteiger partial charge in [0.2, 0.25) is 0 Å². The maximum absolute atomic E-state index is 2.46. The molecule has 0 aliphatic heterocycles. The van der Waals surface area contributed by atoms with Gasteiger partial charge in [0.05, 0.1) is 0 Å². The third-order valence-electron chi connectivity index (χ3n) is 4.94. The normalized spacial score (nSPS) is 40.8. The lowest BCUT2D eigenvalue weighted by molar-refractivity contribution is 0.269. The molecule has 13 heavy (non-hydrogen) atoms. The van der Waals surface area contributed by atoms with Crippen molar-refractivity contribution in [2.45, 2.75) is 47.0 Å². The summed E-state index contributed by atoms with van der Waals surface area (Å²) in [6.07, 6.45) is 4.63. The van der Waals surface area contributed by atoms with E-state index in [9.17, 15) is 0 Å². The van der Waals surface area contributed by atoms with E-state index in [4.69, 9.17) is 0 Å².